The Bertz CT molecular complexity index is 444. The molecule has 2 atom stereocenters. The molecule has 7 heteroatoms. The summed E-state index contributed by atoms with van der Waals surface area (Å²) in [6.07, 6.45) is 4.56. The standard InChI is InChI=1S/C12H20ClN5O/c1-8-5-3-4-6-12(8,7-14)18-10-15-9(13)16-11(17-10)19-2/h8H,3-7,14H2,1-2H3,(H,15,16,17,18). The van der Waals surface area contributed by atoms with Crippen LogP contribution in [0.5, 0.6) is 6.01 Å². The Labute approximate surface area is 118 Å². The van der Waals surface area contributed by atoms with Gasteiger partial charge in [0.2, 0.25) is 11.2 Å². The molecule has 0 saturated heterocycles. The molecule has 6 nitrogen and oxygen atoms in total. The van der Waals surface area contributed by atoms with Crippen molar-refractivity contribution in [1.82, 2.24) is 15.0 Å². The van der Waals surface area contributed by atoms with Crippen molar-refractivity contribution in [3.8, 4) is 6.01 Å². The number of hydrogen-bond acceptors (Lipinski definition) is 6. The number of nitrogens with two attached hydrogens (primary N) is 1. The maximum atomic E-state index is 5.99. The van der Waals surface area contributed by atoms with Crippen molar-refractivity contribution in [3.05, 3.63) is 5.28 Å². The number of rotatable bonds is 4. The van der Waals surface area contributed by atoms with E-state index in [1.54, 1.807) is 0 Å². The van der Waals surface area contributed by atoms with Gasteiger partial charge in [-0.15, -0.1) is 0 Å². The highest BCUT2D eigenvalue weighted by molar-refractivity contribution is 6.28. The lowest BCUT2D eigenvalue weighted by atomic mass is 9.73. The summed E-state index contributed by atoms with van der Waals surface area (Å²) < 4.78 is 5.00. The van der Waals surface area contributed by atoms with Gasteiger partial charge in [0.25, 0.3) is 0 Å². The number of nitrogens with zero attached hydrogens (tertiary/aromatic N) is 3. The fraction of sp³-hybridized carbons (Fsp3) is 0.750. The van der Waals surface area contributed by atoms with Gasteiger partial charge in [0.1, 0.15) is 0 Å². The van der Waals surface area contributed by atoms with Gasteiger partial charge in [0.15, 0.2) is 0 Å². The van der Waals surface area contributed by atoms with E-state index in [1.165, 1.54) is 13.5 Å². The molecule has 1 aliphatic carbocycles. The summed E-state index contributed by atoms with van der Waals surface area (Å²) in [6.45, 7) is 2.75. The average molecular weight is 286 g/mol. The van der Waals surface area contributed by atoms with E-state index in [2.05, 4.69) is 27.2 Å². The molecule has 1 aliphatic rings. The molecule has 0 aliphatic heterocycles. The number of halogens is 1. The molecular weight excluding hydrogens is 266 g/mol. The summed E-state index contributed by atoms with van der Waals surface area (Å²) in [5.74, 6) is 0.892. The molecular formula is C12H20ClN5O. The van der Waals surface area contributed by atoms with Crippen LogP contribution < -0.4 is 15.8 Å². The Balaban J connectivity index is 2.24. The second-order valence-electron chi connectivity index (χ2n) is 5.05. The zero-order valence-electron chi connectivity index (χ0n) is 11.3. The van der Waals surface area contributed by atoms with Gasteiger partial charge in [-0.1, -0.05) is 19.8 Å². The van der Waals surface area contributed by atoms with E-state index in [9.17, 15) is 0 Å². The van der Waals surface area contributed by atoms with Gasteiger partial charge in [-0.3, -0.25) is 0 Å². The lowest BCUT2D eigenvalue weighted by molar-refractivity contribution is 0.234. The van der Waals surface area contributed by atoms with Crippen LogP contribution in [0.4, 0.5) is 5.95 Å². The SMILES string of the molecule is COc1nc(Cl)nc(NC2(CN)CCCCC2C)n1. The quantitative estimate of drug-likeness (QED) is 0.878. The predicted octanol–water partition coefficient (Wildman–Crippen LogP) is 1.85. The molecule has 0 aromatic carbocycles. The molecule has 1 saturated carbocycles. The van der Waals surface area contributed by atoms with Crippen molar-refractivity contribution in [3.63, 3.8) is 0 Å². The molecule has 0 amide bonds. The zero-order chi connectivity index (χ0) is 13.9. The van der Waals surface area contributed by atoms with Crippen LogP contribution in [-0.2, 0) is 0 Å². The molecule has 2 rings (SSSR count). The van der Waals surface area contributed by atoms with Gasteiger partial charge < -0.3 is 15.8 Å². The smallest absolute Gasteiger partial charge is 0.322 e. The van der Waals surface area contributed by atoms with Crippen LogP contribution in [0.25, 0.3) is 0 Å². The Morgan fingerprint density at radius 3 is 2.84 bits per heavy atom. The fourth-order valence-corrected chi connectivity index (χ4v) is 2.81. The largest absolute Gasteiger partial charge is 0.467 e. The molecule has 1 heterocycles. The molecule has 1 aromatic rings. The number of methoxy groups -OCH3 is 1. The third kappa shape index (κ3) is 3.06. The van der Waals surface area contributed by atoms with Crippen molar-refractivity contribution in [2.24, 2.45) is 11.7 Å². The monoisotopic (exact) mass is 285 g/mol. The summed E-state index contributed by atoms with van der Waals surface area (Å²) in [5, 5.41) is 3.47. The minimum Gasteiger partial charge on any atom is -0.467 e. The molecule has 1 fully saturated rings. The normalized spacial score (nSPS) is 27.1. The Hall–Kier alpha value is -1.14. The summed E-state index contributed by atoms with van der Waals surface area (Å²) >= 11 is 5.86. The van der Waals surface area contributed by atoms with Crippen molar-refractivity contribution in [2.45, 2.75) is 38.1 Å². The van der Waals surface area contributed by atoms with E-state index in [-0.39, 0.29) is 16.8 Å². The third-order valence-electron chi connectivity index (χ3n) is 3.95. The maximum absolute atomic E-state index is 5.99. The molecule has 19 heavy (non-hydrogen) atoms. The molecule has 2 unspecified atom stereocenters. The van der Waals surface area contributed by atoms with E-state index in [0.717, 1.165) is 19.3 Å². The van der Waals surface area contributed by atoms with Gasteiger partial charge in [0.05, 0.1) is 12.6 Å². The van der Waals surface area contributed by atoms with Crippen LogP contribution in [0.2, 0.25) is 5.28 Å². The molecule has 1 aromatic heterocycles. The van der Waals surface area contributed by atoms with Crippen LogP contribution >= 0.6 is 11.6 Å². The first-order chi connectivity index (χ1) is 9.09. The molecule has 0 radical (unpaired) electrons. The van der Waals surface area contributed by atoms with E-state index in [1.807, 2.05) is 0 Å². The average Bonchev–Trinajstić information content (AvgIpc) is 2.41. The summed E-state index contributed by atoms with van der Waals surface area (Å²) in [7, 11) is 1.50. The van der Waals surface area contributed by atoms with Gasteiger partial charge >= 0.3 is 6.01 Å². The Morgan fingerprint density at radius 2 is 2.21 bits per heavy atom. The number of ether oxygens (including phenoxy) is 1. The minimum absolute atomic E-state index is 0.116. The Morgan fingerprint density at radius 1 is 1.42 bits per heavy atom. The van der Waals surface area contributed by atoms with Crippen molar-refractivity contribution in [2.75, 3.05) is 19.0 Å². The van der Waals surface area contributed by atoms with Crippen LogP contribution in [0, 0.1) is 5.92 Å². The van der Waals surface area contributed by atoms with E-state index in [4.69, 9.17) is 22.1 Å². The van der Waals surface area contributed by atoms with Crippen molar-refractivity contribution < 1.29 is 4.74 Å². The number of hydrogen-bond donors (Lipinski definition) is 2. The molecule has 0 spiro atoms. The molecule has 0 bridgehead atoms. The van der Waals surface area contributed by atoms with Gasteiger partial charge in [-0.25, -0.2) is 0 Å². The highest BCUT2D eigenvalue weighted by Crippen LogP contribution is 2.35. The fourth-order valence-electron chi connectivity index (χ4n) is 2.66. The summed E-state index contributed by atoms with van der Waals surface area (Å²) in [4.78, 5) is 12.1. The maximum Gasteiger partial charge on any atom is 0.322 e. The topological polar surface area (TPSA) is 86.0 Å². The van der Waals surface area contributed by atoms with Gasteiger partial charge in [-0.05, 0) is 30.4 Å². The summed E-state index contributed by atoms with van der Waals surface area (Å²) in [6, 6.07) is 0.207. The first-order valence-electron chi connectivity index (χ1n) is 6.53. The lowest BCUT2D eigenvalue weighted by Gasteiger charge is -2.42. The number of aromatic nitrogens is 3. The van der Waals surface area contributed by atoms with Crippen LogP contribution in [0.1, 0.15) is 32.6 Å². The first kappa shape index (κ1) is 14.3. The van der Waals surface area contributed by atoms with E-state index in [0.29, 0.717) is 18.4 Å². The van der Waals surface area contributed by atoms with Crippen molar-refractivity contribution in [1.29, 1.82) is 0 Å². The van der Waals surface area contributed by atoms with Gasteiger partial charge in [-0.2, -0.15) is 15.0 Å². The Kier molecular flexibility index (Phi) is 4.42. The van der Waals surface area contributed by atoms with E-state index >= 15 is 0 Å². The second kappa shape index (κ2) is 5.88. The van der Waals surface area contributed by atoms with E-state index < -0.39 is 0 Å². The van der Waals surface area contributed by atoms with Crippen LogP contribution in [0.3, 0.4) is 0 Å². The van der Waals surface area contributed by atoms with Crippen LogP contribution in [-0.4, -0.2) is 34.1 Å². The number of anilines is 1. The zero-order valence-corrected chi connectivity index (χ0v) is 12.1. The van der Waals surface area contributed by atoms with Gasteiger partial charge in [0, 0.05) is 6.54 Å². The highest BCUT2D eigenvalue weighted by Gasteiger charge is 2.37. The minimum atomic E-state index is -0.173. The lowest BCUT2D eigenvalue weighted by Crippen LogP contribution is -2.52. The summed E-state index contributed by atoms with van der Waals surface area (Å²) in [5.41, 5.74) is 5.81. The first-order valence-corrected chi connectivity index (χ1v) is 6.91. The predicted molar refractivity (Wildman–Crippen MR) is 74.4 cm³/mol. The number of nitrogens with one attached hydrogen (secondary N) is 1. The molecule has 106 valence electrons. The van der Waals surface area contributed by atoms with Crippen LogP contribution in [0.15, 0.2) is 0 Å². The molecule has 3 N–H and O–H groups in total. The van der Waals surface area contributed by atoms with Crippen molar-refractivity contribution >= 4 is 17.5 Å². The third-order valence-corrected chi connectivity index (χ3v) is 4.12. The second-order valence-corrected chi connectivity index (χ2v) is 5.38. The highest BCUT2D eigenvalue weighted by atomic mass is 35.5.